The minimum absolute atomic E-state index is 0.531. The summed E-state index contributed by atoms with van der Waals surface area (Å²) in [6, 6.07) is 18.3. The van der Waals surface area contributed by atoms with Gasteiger partial charge in [-0.1, -0.05) is 55.5 Å². The van der Waals surface area contributed by atoms with Crippen molar-refractivity contribution >= 4 is 10.8 Å². The number of hydrogen-bond acceptors (Lipinski definition) is 2. The highest BCUT2D eigenvalue weighted by Crippen LogP contribution is 2.26. The van der Waals surface area contributed by atoms with Gasteiger partial charge in [0.2, 0.25) is 0 Å². The maximum Gasteiger partial charge on any atom is 0.0851 e. The molecule has 0 aliphatic heterocycles. The standard InChI is InChI=1S/C19H19NO/c1-2-14-10-11-16(20-13-14)12-19(21)18-9-5-7-15-6-3-4-8-17(15)18/h3-11,13,19,21H,2,12H2,1H3. The first-order valence-electron chi connectivity index (χ1n) is 7.37. The van der Waals surface area contributed by atoms with Crippen molar-refractivity contribution in [3.8, 4) is 0 Å². The molecule has 2 nitrogen and oxygen atoms in total. The van der Waals surface area contributed by atoms with Gasteiger partial charge in [-0.2, -0.15) is 0 Å². The summed E-state index contributed by atoms with van der Waals surface area (Å²) in [6.07, 6.45) is 2.89. The van der Waals surface area contributed by atoms with Crippen LogP contribution in [0.2, 0.25) is 0 Å². The number of fused-ring (bicyclic) bond motifs is 1. The third-order valence-corrected chi connectivity index (χ3v) is 3.88. The molecule has 2 aromatic carbocycles. The van der Waals surface area contributed by atoms with E-state index in [4.69, 9.17) is 0 Å². The smallest absolute Gasteiger partial charge is 0.0851 e. The molecule has 1 aromatic heterocycles. The fourth-order valence-corrected chi connectivity index (χ4v) is 2.63. The second-order valence-corrected chi connectivity index (χ2v) is 5.30. The Hall–Kier alpha value is -2.19. The van der Waals surface area contributed by atoms with Gasteiger partial charge >= 0.3 is 0 Å². The first-order valence-corrected chi connectivity index (χ1v) is 7.37. The number of hydrogen-bond donors (Lipinski definition) is 1. The van der Waals surface area contributed by atoms with Crippen molar-refractivity contribution in [1.29, 1.82) is 0 Å². The normalized spacial score (nSPS) is 12.5. The van der Waals surface area contributed by atoms with Gasteiger partial charge in [0.25, 0.3) is 0 Å². The number of nitrogens with zero attached hydrogens (tertiary/aromatic N) is 1. The van der Waals surface area contributed by atoms with Gasteiger partial charge < -0.3 is 5.11 Å². The molecular weight excluding hydrogens is 258 g/mol. The molecule has 106 valence electrons. The molecule has 3 aromatic rings. The number of benzene rings is 2. The van der Waals surface area contributed by atoms with Crippen LogP contribution < -0.4 is 0 Å². The molecule has 3 rings (SSSR count). The fraction of sp³-hybridized carbons (Fsp3) is 0.211. The number of aromatic nitrogens is 1. The Morgan fingerprint density at radius 2 is 1.81 bits per heavy atom. The average Bonchev–Trinajstić information content (AvgIpc) is 2.55. The van der Waals surface area contributed by atoms with Crippen LogP contribution in [0.4, 0.5) is 0 Å². The van der Waals surface area contributed by atoms with Gasteiger partial charge in [0.15, 0.2) is 0 Å². The molecule has 1 atom stereocenters. The van der Waals surface area contributed by atoms with Crippen molar-refractivity contribution in [3.05, 3.63) is 77.6 Å². The minimum Gasteiger partial charge on any atom is -0.388 e. The Balaban J connectivity index is 1.88. The predicted molar refractivity (Wildman–Crippen MR) is 86.2 cm³/mol. The van der Waals surface area contributed by atoms with E-state index >= 15 is 0 Å². The zero-order valence-corrected chi connectivity index (χ0v) is 12.2. The molecule has 0 bridgehead atoms. The molecule has 1 heterocycles. The number of aliphatic hydroxyl groups is 1. The molecule has 0 aliphatic rings. The van der Waals surface area contributed by atoms with Crippen LogP contribution in [-0.4, -0.2) is 10.1 Å². The maximum atomic E-state index is 10.6. The Kier molecular flexibility index (Phi) is 3.98. The minimum atomic E-state index is -0.531. The van der Waals surface area contributed by atoms with Crippen LogP contribution in [-0.2, 0) is 12.8 Å². The number of aryl methyl sites for hydroxylation is 1. The molecule has 1 unspecified atom stereocenters. The maximum absolute atomic E-state index is 10.6. The highest BCUT2D eigenvalue weighted by atomic mass is 16.3. The van der Waals surface area contributed by atoms with E-state index in [2.05, 4.69) is 36.2 Å². The van der Waals surface area contributed by atoms with Gasteiger partial charge in [-0.3, -0.25) is 4.98 Å². The Morgan fingerprint density at radius 3 is 2.57 bits per heavy atom. The molecule has 1 N–H and O–H groups in total. The summed E-state index contributed by atoms with van der Waals surface area (Å²) in [7, 11) is 0. The molecule has 2 heteroatoms. The third kappa shape index (κ3) is 2.96. The summed E-state index contributed by atoms with van der Waals surface area (Å²) in [4.78, 5) is 4.44. The van der Waals surface area contributed by atoms with Crippen molar-refractivity contribution < 1.29 is 5.11 Å². The fourth-order valence-electron chi connectivity index (χ4n) is 2.63. The summed E-state index contributed by atoms with van der Waals surface area (Å²) in [6.45, 7) is 2.11. The van der Waals surface area contributed by atoms with Crippen molar-refractivity contribution in [2.45, 2.75) is 25.9 Å². The van der Waals surface area contributed by atoms with E-state index in [0.29, 0.717) is 6.42 Å². The van der Waals surface area contributed by atoms with Crippen LogP contribution in [0.3, 0.4) is 0 Å². The second-order valence-electron chi connectivity index (χ2n) is 5.30. The lowest BCUT2D eigenvalue weighted by Crippen LogP contribution is -2.04. The van der Waals surface area contributed by atoms with E-state index in [0.717, 1.165) is 28.5 Å². The number of aliphatic hydroxyl groups excluding tert-OH is 1. The first kappa shape index (κ1) is 13.8. The van der Waals surface area contributed by atoms with Crippen LogP contribution in [0.5, 0.6) is 0 Å². The van der Waals surface area contributed by atoms with Gasteiger partial charge in [0.05, 0.1) is 6.10 Å². The van der Waals surface area contributed by atoms with E-state index in [1.165, 1.54) is 5.56 Å². The Bertz CT molecular complexity index is 729. The van der Waals surface area contributed by atoms with E-state index < -0.39 is 6.10 Å². The molecule has 0 saturated heterocycles. The number of rotatable bonds is 4. The van der Waals surface area contributed by atoms with E-state index in [-0.39, 0.29) is 0 Å². The molecule has 0 aliphatic carbocycles. The van der Waals surface area contributed by atoms with Crippen LogP contribution >= 0.6 is 0 Å². The summed E-state index contributed by atoms with van der Waals surface area (Å²) >= 11 is 0. The SMILES string of the molecule is CCc1ccc(CC(O)c2cccc3ccccc23)nc1. The topological polar surface area (TPSA) is 33.1 Å². The van der Waals surface area contributed by atoms with Crippen LogP contribution in [0.1, 0.15) is 29.8 Å². The third-order valence-electron chi connectivity index (χ3n) is 3.88. The summed E-state index contributed by atoms with van der Waals surface area (Å²) in [5.41, 5.74) is 3.11. The average molecular weight is 277 g/mol. The van der Waals surface area contributed by atoms with Crippen LogP contribution in [0.15, 0.2) is 60.8 Å². The molecule has 0 amide bonds. The van der Waals surface area contributed by atoms with Crippen molar-refractivity contribution in [3.63, 3.8) is 0 Å². The van der Waals surface area contributed by atoms with Crippen molar-refractivity contribution in [2.75, 3.05) is 0 Å². The van der Waals surface area contributed by atoms with Gasteiger partial charge in [-0.25, -0.2) is 0 Å². The summed E-state index contributed by atoms with van der Waals surface area (Å²) in [5, 5.41) is 12.8. The highest BCUT2D eigenvalue weighted by Gasteiger charge is 2.12. The summed E-state index contributed by atoms with van der Waals surface area (Å²) < 4.78 is 0. The Labute approximate surface area is 125 Å². The molecular formula is C19H19NO. The van der Waals surface area contributed by atoms with Gasteiger partial charge in [-0.15, -0.1) is 0 Å². The Morgan fingerprint density at radius 1 is 1.00 bits per heavy atom. The lowest BCUT2D eigenvalue weighted by molar-refractivity contribution is 0.179. The van der Waals surface area contributed by atoms with Gasteiger partial charge in [0.1, 0.15) is 0 Å². The predicted octanol–water partition coefficient (Wildman–Crippen LogP) is 4.07. The van der Waals surface area contributed by atoms with E-state index in [1.54, 1.807) is 0 Å². The van der Waals surface area contributed by atoms with Crippen LogP contribution in [0.25, 0.3) is 10.8 Å². The van der Waals surface area contributed by atoms with Crippen molar-refractivity contribution in [1.82, 2.24) is 4.98 Å². The summed E-state index contributed by atoms with van der Waals surface area (Å²) in [5.74, 6) is 0. The zero-order valence-electron chi connectivity index (χ0n) is 12.2. The second kappa shape index (κ2) is 6.06. The highest BCUT2D eigenvalue weighted by molar-refractivity contribution is 5.85. The van der Waals surface area contributed by atoms with E-state index in [9.17, 15) is 5.11 Å². The van der Waals surface area contributed by atoms with Crippen LogP contribution in [0, 0.1) is 0 Å². The van der Waals surface area contributed by atoms with Gasteiger partial charge in [-0.05, 0) is 34.4 Å². The monoisotopic (exact) mass is 277 g/mol. The largest absolute Gasteiger partial charge is 0.388 e. The molecule has 0 spiro atoms. The van der Waals surface area contributed by atoms with Crippen molar-refractivity contribution in [2.24, 2.45) is 0 Å². The number of pyridine rings is 1. The molecule has 0 fully saturated rings. The van der Waals surface area contributed by atoms with Gasteiger partial charge in [0, 0.05) is 18.3 Å². The quantitative estimate of drug-likeness (QED) is 0.779. The lowest BCUT2D eigenvalue weighted by Gasteiger charge is -2.13. The molecule has 0 radical (unpaired) electrons. The lowest BCUT2D eigenvalue weighted by atomic mass is 9.97. The molecule has 21 heavy (non-hydrogen) atoms. The molecule has 0 saturated carbocycles. The van der Waals surface area contributed by atoms with E-state index in [1.807, 2.05) is 36.5 Å². The first-order chi connectivity index (χ1) is 10.3. The zero-order chi connectivity index (χ0) is 14.7.